The zero-order valence-corrected chi connectivity index (χ0v) is 26.8. The van der Waals surface area contributed by atoms with E-state index in [0.717, 1.165) is 64.2 Å². The van der Waals surface area contributed by atoms with Crippen molar-refractivity contribution in [3.8, 4) is 5.75 Å². The van der Waals surface area contributed by atoms with Gasteiger partial charge in [0, 0.05) is 30.1 Å². The topological polar surface area (TPSA) is 121 Å². The Morgan fingerprint density at radius 1 is 1.07 bits per heavy atom. The number of methoxy groups -OCH3 is 1. The van der Waals surface area contributed by atoms with Crippen molar-refractivity contribution in [3.63, 3.8) is 0 Å². The minimum Gasteiger partial charge on any atom is -0.495 e. The molecule has 1 aromatic heterocycles. The normalized spacial score (nSPS) is 17.0. The molecule has 43 heavy (non-hydrogen) atoms. The number of ether oxygens (including phenoxy) is 1. The molecule has 1 saturated heterocycles. The number of amides is 1. The lowest BCUT2D eigenvalue weighted by Crippen LogP contribution is -2.43. The Hall–Kier alpha value is -2.97. The first-order valence-electron chi connectivity index (χ1n) is 14.7. The van der Waals surface area contributed by atoms with Crippen molar-refractivity contribution >= 4 is 34.3 Å². The number of rotatable bonds is 8. The summed E-state index contributed by atoms with van der Waals surface area (Å²) in [5.74, 6) is -0.0707. The summed E-state index contributed by atoms with van der Waals surface area (Å²) in [5, 5.41) is 8.98. The lowest BCUT2D eigenvalue weighted by atomic mass is 9.95. The van der Waals surface area contributed by atoms with Crippen molar-refractivity contribution < 1.29 is 26.9 Å². The number of anilines is 3. The van der Waals surface area contributed by atoms with Crippen LogP contribution in [0.3, 0.4) is 0 Å². The number of piperidine rings is 1. The van der Waals surface area contributed by atoms with Crippen molar-refractivity contribution in [2.75, 3.05) is 51.2 Å². The summed E-state index contributed by atoms with van der Waals surface area (Å²) in [7, 11) is 4.35. The summed E-state index contributed by atoms with van der Waals surface area (Å²) in [6, 6.07) is 4.93. The molecule has 4 rings (SSSR count). The molecule has 0 spiro atoms. The minimum absolute atomic E-state index is 0.00290. The number of hydrogen-bond donors (Lipinski definition) is 4. The summed E-state index contributed by atoms with van der Waals surface area (Å²) >= 11 is 0. The van der Waals surface area contributed by atoms with Gasteiger partial charge in [0.15, 0.2) is 0 Å². The van der Waals surface area contributed by atoms with Crippen LogP contribution >= 0.6 is 0 Å². The third kappa shape index (κ3) is 11.9. The van der Waals surface area contributed by atoms with Crippen LogP contribution < -0.4 is 25.4 Å². The van der Waals surface area contributed by atoms with E-state index in [4.69, 9.17) is 4.74 Å². The van der Waals surface area contributed by atoms with Gasteiger partial charge in [-0.1, -0.05) is 33.1 Å². The van der Waals surface area contributed by atoms with Crippen molar-refractivity contribution in [3.05, 3.63) is 35.5 Å². The number of nitrogens with one attached hydrogen (secondary N) is 4. The smallest absolute Gasteiger partial charge is 0.421 e. The average Bonchev–Trinajstić information content (AvgIpc) is 3.00. The number of nitrogens with zero attached hydrogens (tertiary/aromatic N) is 3. The van der Waals surface area contributed by atoms with Gasteiger partial charge in [0.1, 0.15) is 17.1 Å². The first-order chi connectivity index (χ1) is 20.5. The van der Waals surface area contributed by atoms with E-state index < -0.39 is 22.7 Å². The van der Waals surface area contributed by atoms with Gasteiger partial charge in [-0.3, -0.25) is 4.79 Å². The van der Waals surface area contributed by atoms with Crippen LogP contribution in [0.2, 0.25) is 0 Å². The van der Waals surface area contributed by atoms with Gasteiger partial charge in [0.05, 0.1) is 23.8 Å². The van der Waals surface area contributed by atoms with Gasteiger partial charge in [0.25, 0.3) is 5.91 Å². The number of alkyl halides is 3. The Morgan fingerprint density at radius 2 is 1.70 bits per heavy atom. The highest BCUT2D eigenvalue weighted by Gasteiger charge is 2.36. The Labute approximate surface area is 255 Å². The average molecular weight is 630 g/mol. The zero-order chi connectivity index (χ0) is 32.0. The molecular formula is C29H46F3N7O3S. The summed E-state index contributed by atoms with van der Waals surface area (Å²) < 4.78 is 58.5. The Balaban J connectivity index is 0.000000836. The van der Waals surface area contributed by atoms with Gasteiger partial charge in [-0.05, 0) is 71.1 Å². The molecular weight excluding hydrogens is 583 g/mol. The molecule has 2 heterocycles. The maximum Gasteiger partial charge on any atom is 0.421 e. The van der Waals surface area contributed by atoms with Crippen molar-refractivity contribution in [1.29, 1.82) is 0 Å². The molecule has 1 aliphatic heterocycles. The highest BCUT2D eigenvalue weighted by atomic mass is 32.2. The molecule has 1 saturated carbocycles. The fraction of sp³-hybridized carbons (Fsp3) is 0.621. The van der Waals surface area contributed by atoms with Gasteiger partial charge >= 0.3 is 6.18 Å². The van der Waals surface area contributed by atoms with Crippen LogP contribution in [0.5, 0.6) is 5.75 Å². The SMILES string of the molecule is CC.CNS(C)=O.COc1cc(C(=O)NC2CCN(C)CC2)ccc1Nc1ncc(C(F)(F)F)c(NC2CCCCC2)n1. The van der Waals surface area contributed by atoms with Gasteiger partial charge in [-0.25, -0.2) is 13.9 Å². The molecule has 1 aromatic carbocycles. The second-order valence-corrected chi connectivity index (χ2v) is 11.5. The molecule has 0 radical (unpaired) electrons. The zero-order valence-electron chi connectivity index (χ0n) is 25.9. The molecule has 0 bridgehead atoms. The number of benzene rings is 1. The van der Waals surface area contributed by atoms with Crippen molar-refractivity contribution in [1.82, 2.24) is 24.9 Å². The predicted octanol–water partition coefficient (Wildman–Crippen LogP) is 5.34. The summed E-state index contributed by atoms with van der Waals surface area (Å²) in [6.45, 7) is 5.86. The fourth-order valence-electron chi connectivity index (χ4n) is 4.68. The van der Waals surface area contributed by atoms with E-state index in [0.29, 0.717) is 17.0 Å². The van der Waals surface area contributed by atoms with Gasteiger partial charge in [-0.15, -0.1) is 0 Å². The van der Waals surface area contributed by atoms with Crippen LogP contribution in [0.1, 0.15) is 74.7 Å². The highest BCUT2D eigenvalue weighted by Crippen LogP contribution is 2.36. The molecule has 4 N–H and O–H groups in total. The molecule has 10 nitrogen and oxygen atoms in total. The molecule has 2 aliphatic rings. The largest absolute Gasteiger partial charge is 0.495 e. The first kappa shape index (κ1) is 36.2. The first-order valence-corrected chi connectivity index (χ1v) is 16.2. The van der Waals surface area contributed by atoms with Crippen molar-refractivity contribution in [2.45, 2.75) is 77.1 Å². The van der Waals surface area contributed by atoms with Crippen LogP contribution in [0.15, 0.2) is 24.4 Å². The van der Waals surface area contributed by atoms with Crippen LogP contribution in [0.25, 0.3) is 0 Å². The van der Waals surface area contributed by atoms with Crippen LogP contribution in [-0.2, 0) is 17.2 Å². The molecule has 1 unspecified atom stereocenters. The predicted molar refractivity (Wildman–Crippen MR) is 166 cm³/mol. The van der Waals surface area contributed by atoms with E-state index in [9.17, 15) is 22.2 Å². The third-order valence-corrected chi connectivity index (χ3v) is 7.67. The maximum atomic E-state index is 13.6. The monoisotopic (exact) mass is 629 g/mol. The molecule has 1 atom stereocenters. The standard InChI is InChI=1S/C25H33F3N6O2.C2H7NOS.C2H6/c1-34-12-10-18(11-13-34)31-23(35)16-8-9-20(21(14-16)36-2)32-24-29-15-19(25(26,27)28)22(33-24)30-17-6-4-3-5-7-17;1-3-5(2)4;1-2/h8-9,14-15,17-18H,3-7,10-13H2,1-2H3,(H,31,35)(H2,29,30,32,33);3H,1-2H3;1-2H3. The summed E-state index contributed by atoms with van der Waals surface area (Å²) in [4.78, 5) is 23.0. The lowest BCUT2D eigenvalue weighted by Gasteiger charge is -2.29. The number of halogens is 3. The number of carbonyl (C=O) groups is 1. The molecule has 2 fully saturated rings. The number of carbonyl (C=O) groups excluding carboxylic acids is 1. The van der Waals surface area contributed by atoms with Gasteiger partial charge in [-0.2, -0.15) is 18.2 Å². The van der Waals surface area contributed by atoms with Crippen molar-refractivity contribution in [2.24, 2.45) is 0 Å². The second-order valence-electron chi connectivity index (χ2n) is 10.2. The summed E-state index contributed by atoms with van der Waals surface area (Å²) in [6.07, 6.45) is 4.23. The molecule has 14 heteroatoms. The third-order valence-electron chi connectivity index (χ3n) is 7.09. The van der Waals surface area contributed by atoms with Crippen LogP contribution in [-0.4, -0.2) is 77.6 Å². The molecule has 2 aromatic rings. The second kappa shape index (κ2) is 18.0. The lowest BCUT2D eigenvalue weighted by molar-refractivity contribution is -0.137. The molecule has 1 aliphatic carbocycles. The molecule has 242 valence electrons. The Bertz CT molecular complexity index is 1170. The maximum absolute atomic E-state index is 13.6. The Morgan fingerprint density at radius 3 is 2.26 bits per heavy atom. The van der Waals surface area contributed by atoms with E-state index in [-0.39, 0.29) is 29.8 Å². The van der Waals surface area contributed by atoms with E-state index >= 15 is 0 Å². The van der Waals surface area contributed by atoms with Crippen LogP contribution in [0, 0.1) is 0 Å². The van der Waals surface area contributed by atoms with E-state index in [1.807, 2.05) is 13.8 Å². The molecule has 1 amide bonds. The fourth-order valence-corrected chi connectivity index (χ4v) is 4.68. The van der Waals surface area contributed by atoms with E-state index in [1.165, 1.54) is 7.11 Å². The van der Waals surface area contributed by atoms with E-state index in [2.05, 4.69) is 42.6 Å². The Kier molecular flexibility index (Phi) is 15.1. The van der Waals surface area contributed by atoms with E-state index in [1.54, 1.807) is 31.5 Å². The van der Waals surface area contributed by atoms with Gasteiger partial charge in [0.2, 0.25) is 5.95 Å². The summed E-state index contributed by atoms with van der Waals surface area (Å²) in [5.41, 5.74) is -0.0208. The van der Waals surface area contributed by atoms with Crippen LogP contribution in [0.4, 0.5) is 30.6 Å². The number of aromatic nitrogens is 2. The number of likely N-dealkylation sites (tertiary alicyclic amines) is 1. The minimum atomic E-state index is -4.57. The quantitative estimate of drug-likeness (QED) is 0.309. The highest BCUT2D eigenvalue weighted by molar-refractivity contribution is 7.82. The van der Waals surface area contributed by atoms with Gasteiger partial charge < -0.3 is 25.6 Å². The number of hydrogen-bond acceptors (Lipinski definition) is 8.